The Morgan fingerprint density at radius 1 is 0.172 bits per heavy atom. The first-order valence-corrected chi connectivity index (χ1v) is 40.9. The van der Waals surface area contributed by atoms with Gasteiger partial charge in [-0.1, -0.05) is 298 Å². The Bertz CT molecular complexity index is 8320. The fourth-order valence-electron chi connectivity index (χ4n) is 22.9. The SMILES string of the molecule is CC1(C)c2cc3c(cc2-c2c1cc(-c1cccc4ccccc14)c1c2oc2ccccc21)C(C)(C)c1cc(-c2cccc4c(-c5ccc(-c6cc7c(c8c6oc6ccccc68)-c6ccc8c(c6C7(C)C)C(C)(C)c6cc(-c7cccc9ccccc79)c7c(oc9ccccc97)c6-8)c6ccccc56)cccc24)c2oc4ccccc4c2c1-3. The molecule has 0 saturated heterocycles. The Morgan fingerprint density at radius 3 is 0.888 bits per heavy atom. The Morgan fingerprint density at radius 2 is 0.431 bits per heavy atom. The highest BCUT2D eigenvalue weighted by Gasteiger charge is 2.50. The van der Waals surface area contributed by atoms with Gasteiger partial charge in [0.05, 0.1) is 0 Å². The number of para-hydroxylation sites is 4. The second-order valence-electron chi connectivity index (χ2n) is 35.4. The van der Waals surface area contributed by atoms with E-state index in [0.29, 0.717) is 0 Å². The summed E-state index contributed by atoms with van der Waals surface area (Å²) in [6, 6.07) is 113. The van der Waals surface area contributed by atoms with E-state index in [0.717, 1.165) is 121 Å². The van der Waals surface area contributed by atoms with Gasteiger partial charge in [-0.25, -0.2) is 0 Å². The number of hydrogen-bond donors (Lipinski definition) is 0. The van der Waals surface area contributed by atoms with Gasteiger partial charge in [-0.3, -0.25) is 0 Å². The van der Waals surface area contributed by atoms with Crippen molar-refractivity contribution in [3.8, 4) is 100 Å². The van der Waals surface area contributed by atoms with Crippen molar-refractivity contribution in [3.63, 3.8) is 0 Å². The minimum absolute atomic E-state index is 0.373. The maximum Gasteiger partial charge on any atom is 0.144 e. The van der Waals surface area contributed by atoms with Crippen LogP contribution in [-0.4, -0.2) is 0 Å². The number of benzene rings is 18. The summed E-state index contributed by atoms with van der Waals surface area (Å²) in [6.07, 6.45) is 0. The van der Waals surface area contributed by atoms with Crippen molar-refractivity contribution >= 4 is 131 Å². The molecule has 18 aromatic carbocycles. The third-order valence-electron chi connectivity index (χ3n) is 28.2. The van der Waals surface area contributed by atoms with Crippen LogP contribution in [0.15, 0.2) is 321 Å². The van der Waals surface area contributed by atoms with Crippen LogP contribution in [0.4, 0.5) is 0 Å². The summed E-state index contributed by atoms with van der Waals surface area (Å²) >= 11 is 0. The molecule has 546 valence electrons. The zero-order chi connectivity index (χ0) is 77.1. The Kier molecular flexibility index (Phi) is 12.3. The third-order valence-corrected chi connectivity index (χ3v) is 28.2. The zero-order valence-electron chi connectivity index (χ0n) is 65.5. The van der Waals surface area contributed by atoms with Crippen LogP contribution >= 0.6 is 0 Å². The van der Waals surface area contributed by atoms with Gasteiger partial charge >= 0.3 is 0 Å². The first-order valence-electron chi connectivity index (χ1n) is 40.9. The molecule has 4 nitrogen and oxygen atoms in total. The fraction of sp³-hybridized carbons (Fsp3) is 0.107. The predicted molar refractivity (Wildman–Crippen MR) is 483 cm³/mol. The molecular weight excluding hydrogens is 1410 g/mol. The van der Waals surface area contributed by atoms with Crippen molar-refractivity contribution in [1.29, 1.82) is 0 Å². The molecule has 22 aromatic rings. The lowest BCUT2D eigenvalue weighted by Crippen LogP contribution is -2.24. The molecule has 0 saturated carbocycles. The first-order chi connectivity index (χ1) is 56.6. The van der Waals surface area contributed by atoms with Crippen LogP contribution in [-0.2, 0) is 21.7 Å². The number of furan rings is 4. The molecule has 0 N–H and O–H groups in total. The molecule has 4 heteroatoms. The Hall–Kier alpha value is -13.8. The first kappa shape index (κ1) is 64.7. The topological polar surface area (TPSA) is 52.6 Å². The maximum absolute atomic E-state index is 7.35. The molecular formula is C112H74O4. The van der Waals surface area contributed by atoms with Crippen LogP contribution < -0.4 is 0 Å². The van der Waals surface area contributed by atoms with E-state index in [1.54, 1.807) is 0 Å². The second kappa shape index (κ2) is 22.1. The van der Waals surface area contributed by atoms with Gasteiger partial charge in [-0.15, -0.1) is 0 Å². The summed E-state index contributed by atoms with van der Waals surface area (Å²) in [6.45, 7) is 19.6. The van der Waals surface area contributed by atoms with Crippen molar-refractivity contribution in [2.24, 2.45) is 0 Å². The zero-order valence-corrected chi connectivity index (χ0v) is 65.5. The monoisotopic (exact) mass is 1480 g/mol. The lowest BCUT2D eigenvalue weighted by atomic mass is 9.72. The average molecular weight is 1480 g/mol. The molecule has 4 aliphatic rings. The second-order valence-corrected chi connectivity index (χ2v) is 35.4. The normalized spacial score (nSPS) is 15.0. The summed E-state index contributed by atoms with van der Waals surface area (Å²) in [5, 5.41) is 18.7. The molecule has 0 bridgehead atoms. The number of fused-ring (bicyclic) bond motifs is 33. The molecule has 4 aromatic heterocycles. The summed E-state index contributed by atoms with van der Waals surface area (Å²) in [5.74, 6) is 0. The lowest BCUT2D eigenvalue weighted by Gasteiger charge is -2.31. The Labute approximate surface area is 669 Å². The average Bonchev–Trinajstić information content (AvgIpc) is 1.51. The van der Waals surface area contributed by atoms with E-state index >= 15 is 0 Å². The molecule has 0 radical (unpaired) electrons. The molecule has 0 fully saturated rings. The van der Waals surface area contributed by atoms with Crippen molar-refractivity contribution < 1.29 is 17.7 Å². The fourth-order valence-corrected chi connectivity index (χ4v) is 22.9. The molecule has 116 heavy (non-hydrogen) atoms. The lowest BCUT2D eigenvalue weighted by molar-refractivity contribution is 0.601. The Balaban J connectivity index is 0.623. The summed E-state index contributed by atoms with van der Waals surface area (Å²) < 4.78 is 29.1. The highest BCUT2D eigenvalue weighted by Crippen LogP contribution is 2.66. The van der Waals surface area contributed by atoms with E-state index in [4.69, 9.17) is 17.7 Å². The highest BCUT2D eigenvalue weighted by atomic mass is 16.3. The van der Waals surface area contributed by atoms with Gasteiger partial charge < -0.3 is 17.7 Å². The molecule has 26 rings (SSSR count). The van der Waals surface area contributed by atoms with Crippen LogP contribution in [0.25, 0.3) is 231 Å². The molecule has 4 heterocycles. The van der Waals surface area contributed by atoms with Crippen LogP contribution in [0, 0.1) is 0 Å². The molecule has 0 amide bonds. The number of hydrogen-bond acceptors (Lipinski definition) is 4. The van der Waals surface area contributed by atoms with Crippen LogP contribution in [0.5, 0.6) is 0 Å². The van der Waals surface area contributed by atoms with Crippen molar-refractivity contribution in [1.82, 2.24) is 0 Å². The quantitative estimate of drug-likeness (QED) is 0.172. The van der Waals surface area contributed by atoms with Crippen molar-refractivity contribution in [2.75, 3.05) is 0 Å². The minimum atomic E-state index is -0.440. The number of rotatable bonds is 5. The molecule has 4 aliphatic carbocycles. The maximum atomic E-state index is 7.35. The summed E-state index contributed by atoms with van der Waals surface area (Å²) in [5.41, 5.74) is 37.7. The molecule has 0 spiro atoms. The van der Waals surface area contributed by atoms with E-state index in [1.807, 2.05) is 0 Å². The van der Waals surface area contributed by atoms with E-state index in [2.05, 4.69) is 359 Å². The van der Waals surface area contributed by atoms with Crippen molar-refractivity contribution in [3.05, 3.63) is 348 Å². The summed E-state index contributed by atoms with van der Waals surface area (Å²) in [7, 11) is 0. The van der Waals surface area contributed by atoms with Crippen LogP contribution in [0.2, 0.25) is 0 Å². The largest absolute Gasteiger partial charge is 0.455 e. The van der Waals surface area contributed by atoms with Crippen LogP contribution in [0.3, 0.4) is 0 Å². The minimum Gasteiger partial charge on any atom is -0.455 e. The van der Waals surface area contributed by atoms with Crippen LogP contribution in [0.1, 0.15) is 99.9 Å². The van der Waals surface area contributed by atoms with E-state index in [9.17, 15) is 0 Å². The summed E-state index contributed by atoms with van der Waals surface area (Å²) in [4.78, 5) is 0. The van der Waals surface area contributed by atoms with Gasteiger partial charge in [-0.2, -0.15) is 0 Å². The van der Waals surface area contributed by atoms with Gasteiger partial charge in [0.2, 0.25) is 0 Å². The van der Waals surface area contributed by atoms with E-state index < -0.39 is 16.2 Å². The third kappa shape index (κ3) is 8.09. The van der Waals surface area contributed by atoms with Gasteiger partial charge in [0.25, 0.3) is 0 Å². The predicted octanol–water partition coefficient (Wildman–Crippen LogP) is 31.5. The van der Waals surface area contributed by atoms with Gasteiger partial charge in [0, 0.05) is 87.0 Å². The molecule has 0 aliphatic heterocycles. The smallest absolute Gasteiger partial charge is 0.144 e. The molecule has 0 unspecified atom stereocenters. The van der Waals surface area contributed by atoms with E-state index in [-0.39, 0.29) is 5.41 Å². The van der Waals surface area contributed by atoms with Gasteiger partial charge in [-0.05, 0) is 226 Å². The van der Waals surface area contributed by atoms with E-state index in [1.165, 1.54) is 155 Å². The standard InChI is InChI=1S/C112H74O4/c1-109(2)85-58-84-86(110(3,4)89-53-79(63-39-23-29-59-27-9-11-31-61(59)63)96-74-36-16-20-46-92(74)116-108(96)100(84)89)57-83(85)98-87(109)55-81(105-102(98)76-38-18-22-48-94(76)113-105)70-44-26-41-67-68(70)42-25-43-69(67)71-49-50-72(66-34-14-13-33-65(66)71)82-56-88-97(101-75-37-17-21-47-93(75)114-106(82)101)77-51-52-78-99-90(112(7,8)104(78)103(77)111(88,5)6)54-80(64-40-24-30-60-28-10-12-32-62(60)64)95-73-35-15-19-45-91(73)115-107(95)99/h9-58H,1-8H3. The molecule has 0 atom stereocenters. The highest BCUT2D eigenvalue weighted by molar-refractivity contribution is 6.27. The van der Waals surface area contributed by atoms with Crippen molar-refractivity contribution in [2.45, 2.75) is 77.0 Å². The van der Waals surface area contributed by atoms with Gasteiger partial charge in [0.1, 0.15) is 44.7 Å². The van der Waals surface area contributed by atoms with Gasteiger partial charge in [0.15, 0.2) is 0 Å².